The highest BCUT2D eigenvalue weighted by Gasteiger charge is 2.20. The van der Waals surface area contributed by atoms with E-state index in [4.69, 9.17) is 0 Å². The number of nitrogens with zero attached hydrogens (tertiary/aromatic N) is 2. The molecular formula is C15H27N3. The van der Waals surface area contributed by atoms with E-state index in [2.05, 4.69) is 35.6 Å². The van der Waals surface area contributed by atoms with Crippen molar-refractivity contribution in [3.63, 3.8) is 0 Å². The fraction of sp³-hybridized carbons (Fsp3) is 0.800. The summed E-state index contributed by atoms with van der Waals surface area (Å²) in [6.45, 7) is 7.69. The van der Waals surface area contributed by atoms with Gasteiger partial charge in [0, 0.05) is 24.8 Å². The lowest BCUT2D eigenvalue weighted by Crippen LogP contribution is -2.34. The molecule has 1 heterocycles. The van der Waals surface area contributed by atoms with Crippen molar-refractivity contribution in [1.29, 1.82) is 0 Å². The van der Waals surface area contributed by atoms with Crippen LogP contribution in [-0.2, 0) is 6.54 Å². The second kappa shape index (κ2) is 6.37. The van der Waals surface area contributed by atoms with Crippen LogP contribution in [0, 0.1) is 5.92 Å². The van der Waals surface area contributed by atoms with Crippen LogP contribution in [0.2, 0.25) is 0 Å². The Hall–Kier alpha value is -0.830. The van der Waals surface area contributed by atoms with Crippen LogP contribution in [-0.4, -0.2) is 15.6 Å². The molecule has 1 fully saturated rings. The van der Waals surface area contributed by atoms with Crippen LogP contribution in [0.5, 0.6) is 0 Å². The first-order valence-electron chi connectivity index (χ1n) is 7.44. The molecule has 2 unspecified atom stereocenters. The highest BCUT2D eigenvalue weighted by molar-refractivity contribution is 5.00. The molecule has 0 amide bonds. The van der Waals surface area contributed by atoms with Crippen molar-refractivity contribution in [3.05, 3.63) is 18.2 Å². The zero-order valence-electron chi connectivity index (χ0n) is 12.0. The van der Waals surface area contributed by atoms with E-state index in [1.807, 2.05) is 12.5 Å². The van der Waals surface area contributed by atoms with Crippen LogP contribution in [0.1, 0.15) is 64.6 Å². The standard InChI is InChI=1S/C15H27N3/c1-4-13-6-5-7-14(8-13)17-10-15-9-16-11-18(15)12(2)3/h9,11-14,17H,4-8,10H2,1-3H3. The molecule has 1 N–H and O–H groups in total. The molecule has 102 valence electrons. The molecule has 2 rings (SSSR count). The summed E-state index contributed by atoms with van der Waals surface area (Å²) < 4.78 is 2.26. The lowest BCUT2D eigenvalue weighted by atomic mass is 9.84. The molecule has 0 spiro atoms. The fourth-order valence-corrected chi connectivity index (χ4v) is 3.03. The summed E-state index contributed by atoms with van der Waals surface area (Å²) in [4.78, 5) is 4.26. The molecule has 1 aromatic heterocycles. The fourth-order valence-electron chi connectivity index (χ4n) is 3.03. The van der Waals surface area contributed by atoms with Gasteiger partial charge in [-0.2, -0.15) is 0 Å². The molecule has 18 heavy (non-hydrogen) atoms. The summed E-state index contributed by atoms with van der Waals surface area (Å²) in [5, 5.41) is 3.72. The number of hydrogen-bond donors (Lipinski definition) is 1. The van der Waals surface area contributed by atoms with E-state index in [0.29, 0.717) is 12.1 Å². The second-order valence-electron chi connectivity index (χ2n) is 5.90. The number of hydrogen-bond acceptors (Lipinski definition) is 2. The van der Waals surface area contributed by atoms with Gasteiger partial charge < -0.3 is 9.88 Å². The first-order chi connectivity index (χ1) is 8.70. The van der Waals surface area contributed by atoms with Gasteiger partial charge in [0.1, 0.15) is 0 Å². The summed E-state index contributed by atoms with van der Waals surface area (Å²) in [7, 11) is 0. The summed E-state index contributed by atoms with van der Waals surface area (Å²) >= 11 is 0. The predicted octanol–water partition coefficient (Wildman–Crippen LogP) is 3.52. The van der Waals surface area contributed by atoms with Gasteiger partial charge in [0.25, 0.3) is 0 Å². The third-order valence-corrected chi connectivity index (χ3v) is 4.23. The first kappa shape index (κ1) is 13.6. The lowest BCUT2D eigenvalue weighted by molar-refractivity contribution is 0.276. The van der Waals surface area contributed by atoms with Crippen molar-refractivity contribution >= 4 is 0 Å². The minimum absolute atomic E-state index is 0.499. The Balaban J connectivity index is 1.85. The van der Waals surface area contributed by atoms with Crippen molar-refractivity contribution < 1.29 is 0 Å². The molecule has 1 aliphatic carbocycles. The normalized spacial score (nSPS) is 24.7. The minimum atomic E-state index is 0.499. The van der Waals surface area contributed by atoms with E-state index in [1.165, 1.54) is 37.8 Å². The molecular weight excluding hydrogens is 222 g/mol. The Kier molecular flexibility index (Phi) is 4.81. The average Bonchev–Trinajstić information content (AvgIpc) is 2.85. The van der Waals surface area contributed by atoms with Gasteiger partial charge in [0.05, 0.1) is 12.0 Å². The van der Waals surface area contributed by atoms with Gasteiger partial charge in [-0.3, -0.25) is 0 Å². The summed E-state index contributed by atoms with van der Waals surface area (Å²) in [6.07, 6.45) is 10.8. The number of nitrogens with one attached hydrogen (secondary N) is 1. The summed E-state index contributed by atoms with van der Waals surface area (Å²) in [5.74, 6) is 0.936. The van der Waals surface area contributed by atoms with Gasteiger partial charge in [0.2, 0.25) is 0 Å². The smallest absolute Gasteiger partial charge is 0.0951 e. The molecule has 0 aromatic carbocycles. The van der Waals surface area contributed by atoms with Crippen molar-refractivity contribution in [1.82, 2.24) is 14.9 Å². The maximum absolute atomic E-state index is 4.26. The number of imidazole rings is 1. The van der Waals surface area contributed by atoms with Gasteiger partial charge in [-0.05, 0) is 32.6 Å². The summed E-state index contributed by atoms with van der Waals surface area (Å²) in [6, 6.07) is 1.21. The quantitative estimate of drug-likeness (QED) is 0.865. The highest BCUT2D eigenvalue weighted by Crippen LogP contribution is 2.26. The Bertz CT molecular complexity index is 356. The second-order valence-corrected chi connectivity index (χ2v) is 5.90. The zero-order chi connectivity index (χ0) is 13.0. The SMILES string of the molecule is CCC1CCCC(NCc2cncn2C(C)C)C1. The van der Waals surface area contributed by atoms with Crippen LogP contribution in [0.4, 0.5) is 0 Å². The van der Waals surface area contributed by atoms with E-state index in [9.17, 15) is 0 Å². The topological polar surface area (TPSA) is 29.9 Å². The van der Waals surface area contributed by atoms with Gasteiger partial charge in [-0.15, -0.1) is 0 Å². The van der Waals surface area contributed by atoms with Gasteiger partial charge >= 0.3 is 0 Å². The highest BCUT2D eigenvalue weighted by atomic mass is 15.1. The van der Waals surface area contributed by atoms with E-state index < -0.39 is 0 Å². The predicted molar refractivity (Wildman–Crippen MR) is 75.5 cm³/mol. The molecule has 0 bridgehead atoms. The van der Waals surface area contributed by atoms with Crippen molar-refractivity contribution in [2.24, 2.45) is 5.92 Å². The first-order valence-corrected chi connectivity index (χ1v) is 7.44. The molecule has 1 aliphatic rings. The van der Waals surface area contributed by atoms with Crippen molar-refractivity contribution in [3.8, 4) is 0 Å². The third kappa shape index (κ3) is 3.35. The van der Waals surface area contributed by atoms with Crippen LogP contribution in [0.25, 0.3) is 0 Å². The number of aromatic nitrogens is 2. The Labute approximate surface area is 111 Å². The molecule has 1 saturated carbocycles. The molecule has 1 aromatic rings. The number of rotatable bonds is 5. The minimum Gasteiger partial charge on any atom is -0.331 e. The Morgan fingerprint density at radius 1 is 1.44 bits per heavy atom. The molecule has 0 saturated heterocycles. The van der Waals surface area contributed by atoms with Crippen LogP contribution < -0.4 is 5.32 Å². The van der Waals surface area contributed by atoms with Gasteiger partial charge in [0.15, 0.2) is 0 Å². The molecule has 3 nitrogen and oxygen atoms in total. The largest absolute Gasteiger partial charge is 0.331 e. The molecule has 3 heteroatoms. The van der Waals surface area contributed by atoms with Crippen LogP contribution in [0.15, 0.2) is 12.5 Å². The molecule has 2 atom stereocenters. The molecule has 0 aliphatic heterocycles. The van der Waals surface area contributed by atoms with Gasteiger partial charge in [-0.1, -0.05) is 26.2 Å². The van der Waals surface area contributed by atoms with E-state index in [0.717, 1.165) is 12.5 Å². The van der Waals surface area contributed by atoms with Crippen LogP contribution >= 0.6 is 0 Å². The van der Waals surface area contributed by atoms with Crippen molar-refractivity contribution in [2.75, 3.05) is 0 Å². The maximum atomic E-state index is 4.26. The Morgan fingerprint density at radius 3 is 3.00 bits per heavy atom. The third-order valence-electron chi connectivity index (χ3n) is 4.23. The summed E-state index contributed by atoms with van der Waals surface area (Å²) in [5.41, 5.74) is 1.31. The molecule has 0 radical (unpaired) electrons. The lowest BCUT2D eigenvalue weighted by Gasteiger charge is -2.29. The van der Waals surface area contributed by atoms with Crippen LogP contribution in [0.3, 0.4) is 0 Å². The monoisotopic (exact) mass is 249 g/mol. The van der Waals surface area contributed by atoms with E-state index in [-0.39, 0.29) is 0 Å². The van der Waals surface area contributed by atoms with E-state index in [1.54, 1.807) is 0 Å². The maximum Gasteiger partial charge on any atom is 0.0951 e. The van der Waals surface area contributed by atoms with Crippen molar-refractivity contribution in [2.45, 2.75) is 71.5 Å². The Morgan fingerprint density at radius 2 is 2.28 bits per heavy atom. The average molecular weight is 249 g/mol. The van der Waals surface area contributed by atoms with Gasteiger partial charge in [-0.25, -0.2) is 4.98 Å². The van der Waals surface area contributed by atoms with E-state index >= 15 is 0 Å². The zero-order valence-corrected chi connectivity index (χ0v) is 12.0.